The molecule has 1 fully saturated rings. The number of ether oxygens (including phenoxy) is 1. The highest BCUT2D eigenvalue weighted by atomic mass is 16.5. The molecule has 1 heterocycles. The molecule has 72 valence electrons. The number of hydrogen-bond donors (Lipinski definition) is 0. The third-order valence-electron chi connectivity index (χ3n) is 2.90. The first-order chi connectivity index (χ1) is 5.75. The molecule has 2 heteroatoms. The summed E-state index contributed by atoms with van der Waals surface area (Å²) in [7, 11) is 1.77. The van der Waals surface area contributed by atoms with E-state index >= 15 is 0 Å². The first kappa shape index (κ1) is 10.0. The molecule has 0 aromatic carbocycles. The predicted molar refractivity (Wildman–Crippen MR) is 51.4 cm³/mol. The van der Waals surface area contributed by atoms with E-state index in [1.54, 1.807) is 7.11 Å². The molecule has 1 aliphatic rings. The van der Waals surface area contributed by atoms with Gasteiger partial charge < -0.3 is 4.74 Å². The molecule has 1 rings (SSSR count). The molecule has 2 nitrogen and oxygen atoms in total. The van der Waals surface area contributed by atoms with Crippen molar-refractivity contribution >= 4 is 0 Å². The third-order valence-corrected chi connectivity index (χ3v) is 2.90. The summed E-state index contributed by atoms with van der Waals surface area (Å²) >= 11 is 0. The number of rotatable bonds is 4. The Balaban J connectivity index is 2.20. The van der Waals surface area contributed by atoms with Crippen LogP contribution in [0.3, 0.4) is 0 Å². The summed E-state index contributed by atoms with van der Waals surface area (Å²) in [6, 6.07) is 1.58. The van der Waals surface area contributed by atoms with Crippen molar-refractivity contribution in [1.29, 1.82) is 0 Å². The lowest BCUT2D eigenvalue weighted by atomic mass is 10.2. The maximum Gasteiger partial charge on any atom is 0.0474 e. The normalized spacial score (nSPS) is 31.2. The quantitative estimate of drug-likeness (QED) is 0.599. The van der Waals surface area contributed by atoms with Gasteiger partial charge in [0.05, 0.1) is 0 Å². The van der Waals surface area contributed by atoms with Crippen LogP contribution in [0.15, 0.2) is 0 Å². The molecule has 1 saturated heterocycles. The fraction of sp³-hybridized carbons (Fsp3) is 1.00. The number of likely N-dealkylation sites (tertiary alicyclic amines) is 1. The van der Waals surface area contributed by atoms with E-state index in [2.05, 4.69) is 18.7 Å². The van der Waals surface area contributed by atoms with E-state index in [1.165, 1.54) is 25.8 Å². The minimum absolute atomic E-state index is 0.789. The van der Waals surface area contributed by atoms with Crippen molar-refractivity contribution in [3.05, 3.63) is 0 Å². The van der Waals surface area contributed by atoms with Gasteiger partial charge in [0.15, 0.2) is 0 Å². The lowest BCUT2D eigenvalue weighted by Gasteiger charge is -2.25. The maximum absolute atomic E-state index is 5.05. The lowest BCUT2D eigenvalue weighted by molar-refractivity contribution is 0.154. The molecule has 1 aliphatic heterocycles. The van der Waals surface area contributed by atoms with E-state index in [1.807, 2.05) is 0 Å². The van der Waals surface area contributed by atoms with Gasteiger partial charge in [0.2, 0.25) is 0 Å². The highest BCUT2D eigenvalue weighted by Gasteiger charge is 2.25. The topological polar surface area (TPSA) is 12.5 Å². The molecule has 2 unspecified atom stereocenters. The summed E-state index contributed by atoms with van der Waals surface area (Å²) in [5.74, 6) is 0. The van der Waals surface area contributed by atoms with Crippen LogP contribution in [0.5, 0.6) is 0 Å². The molecular formula is C10H21NO. The zero-order valence-electron chi connectivity index (χ0n) is 8.55. The van der Waals surface area contributed by atoms with Crippen LogP contribution in [-0.2, 0) is 4.74 Å². The van der Waals surface area contributed by atoms with Crippen LogP contribution in [0, 0.1) is 0 Å². The van der Waals surface area contributed by atoms with Crippen molar-refractivity contribution in [2.75, 3.05) is 20.3 Å². The van der Waals surface area contributed by atoms with E-state index in [0.29, 0.717) is 0 Å². The fourth-order valence-corrected chi connectivity index (χ4v) is 2.08. The van der Waals surface area contributed by atoms with Crippen molar-refractivity contribution < 1.29 is 4.74 Å². The molecule has 2 atom stereocenters. The van der Waals surface area contributed by atoms with Crippen molar-refractivity contribution in [1.82, 2.24) is 4.90 Å². The molecule has 0 bridgehead atoms. The summed E-state index contributed by atoms with van der Waals surface area (Å²) in [6.07, 6.45) is 3.91. The van der Waals surface area contributed by atoms with Gasteiger partial charge in [0.25, 0.3) is 0 Å². The van der Waals surface area contributed by atoms with Gasteiger partial charge in [-0.1, -0.05) is 0 Å². The maximum atomic E-state index is 5.05. The van der Waals surface area contributed by atoms with Gasteiger partial charge in [0, 0.05) is 32.3 Å². The first-order valence-electron chi connectivity index (χ1n) is 5.00. The number of methoxy groups -OCH3 is 1. The van der Waals surface area contributed by atoms with Gasteiger partial charge in [-0.15, -0.1) is 0 Å². The van der Waals surface area contributed by atoms with Crippen molar-refractivity contribution in [2.45, 2.75) is 45.2 Å². The minimum atomic E-state index is 0.789. The van der Waals surface area contributed by atoms with Crippen molar-refractivity contribution in [3.8, 4) is 0 Å². The van der Waals surface area contributed by atoms with Gasteiger partial charge in [-0.25, -0.2) is 0 Å². The smallest absolute Gasteiger partial charge is 0.0474 e. The second-order valence-electron chi connectivity index (χ2n) is 3.86. The van der Waals surface area contributed by atoms with E-state index in [4.69, 9.17) is 4.74 Å². The molecule has 0 amide bonds. The van der Waals surface area contributed by atoms with Gasteiger partial charge in [-0.05, 0) is 33.1 Å². The predicted octanol–water partition coefficient (Wildman–Crippen LogP) is 1.90. The summed E-state index contributed by atoms with van der Waals surface area (Å²) in [4.78, 5) is 2.60. The van der Waals surface area contributed by atoms with Crippen LogP contribution in [-0.4, -0.2) is 37.2 Å². The van der Waals surface area contributed by atoms with E-state index in [9.17, 15) is 0 Å². The van der Waals surface area contributed by atoms with Crippen molar-refractivity contribution in [3.63, 3.8) is 0 Å². The molecule has 12 heavy (non-hydrogen) atoms. The average Bonchev–Trinajstić information content (AvgIpc) is 2.35. The summed E-state index contributed by atoms with van der Waals surface area (Å²) in [5.41, 5.74) is 0. The van der Waals surface area contributed by atoms with Crippen LogP contribution in [0.4, 0.5) is 0 Å². The minimum Gasteiger partial charge on any atom is -0.385 e. The standard InChI is InChI=1S/C10H21NO/c1-9-5-6-10(2)11(9)7-4-8-12-3/h9-10H,4-8H2,1-3H3. The Morgan fingerprint density at radius 2 is 1.83 bits per heavy atom. The van der Waals surface area contributed by atoms with Crippen LogP contribution in [0.2, 0.25) is 0 Å². The number of nitrogens with zero attached hydrogens (tertiary/aromatic N) is 1. The van der Waals surface area contributed by atoms with Crippen molar-refractivity contribution in [2.24, 2.45) is 0 Å². The first-order valence-corrected chi connectivity index (χ1v) is 5.00. The fourth-order valence-electron chi connectivity index (χ4n) is 2.08. The van der Waals surface area contributed by atoms with Crippen LogP contribution in [0.25, 0.3) is 0 Å². The summed E-state index contributed by atoms with van der Waals surface area (Å²) in [5, 5.41) is 0. The average molecular weight is 171 g/mol. The Morgan fingerprint density at radius 1 is 1.25 bits per heavy atom. The lowest BCUT2D eigenvalue weighted by Crippen LogP contribution is -2.33. The SMILES string of the molecule is COCCCN1C(C)CCC1C. The van der Waals surface area contributed by atoms with E-state index < -0.39 is 0 Å². The molecule has 0 saturated carbocycles. The molecule has 0 aromatic heterocycles. The summed E-state index contributed by atoms with van der Waals surface area (Å²) < 4.78 is 5.05. The van der Waals surface area contributed by atoms with Gasteiger partial charge in [0.1, 0.15) is 0 Å². The molecule has 0 radical (unpaired) electrons. The van der Waals surface area contributed by atoms with Gasteiger partial charge in [-0.2, -0.15) is 0 Å². The second-order valence-corrected chi connectivity index (χ2v) is 3.86. The molecule has 0 N–H and O–H groups in total. The zero-order chi connectivity index (χ0) is 8.97. The van der Waals surface area contributed by atoms with E-state index in [-0.39, 0.29) is 0 Å². The van der Waals surface area contributed by atoms with Crippen LogP contribution in [0.1, 0.15) is 33.1 Å². The Labute approximate surface area is 75.9 Å². The monoisotopic (exact) mass is 171 g/mol. The largest absolute Gasteiger partial charge is 0.385 e. The Bertz CT molecular complexity index is 117. The third kappa shape index (κ3) is 2.46. The Kier molecular flexibility index (Phi) is 4.02. The zero-order valence-corrected chi connectivity index (χ0v) is 8.55. The molecule has 0 spiro atoms. The molecular weight excluding hydrogens is 150 g/mol. The molecule has 0 aromatic rings. The van der Waals surface area contributed by atoms with E-state index in [0.717, 1.165) is 18.7 Å². The van der Waals surface area contributed by atoms with Gasteiger partial charge >= 0.3 is 0 Å². The van der Waals surface area contributed by atoms with Gasteiger partial charge in [-0.3, -0.25) is 4.90 Å². The van der Waals surface area contributed by atoms with Crippen LogP contribution >= 0.6 is 0 Å². The Hall–Kier alpha value is -0.0800. The van der Waals surface area contributed by atoms with Crippen LogP contribution < -0.4 is 0 Å². The highest BCUT2D eigenvalue weighted by molar-refractivity contribution is 4.81. The molecule has 0 aliphatic carbocycles. The summed E-state index contributed by atoms with van der Waals surface area (Å²) in [6.45, 7) is 6.76. The second kappa shape index (κ2) is 4.83. The highest BCUT2D eigenvalue weighted by Crippen LogP contribution is 2.22. The Morgan fingerprint density at radius 3 is 2.33 bits per heavy atom. The number of hydrogen-bond acceptors (Lipinski definition) is 2.